The standard InChI is InChI=1S/C22H23ClN4O3/c23-16-6-2-4-8-19(16)26-11-13-27(14-12-26)20(28)10-9-18-22(30)24-17-7-3-1-5-15(17)21(29)25-18/h1-8,18H,9-14H2,(H,24,30)(H,25,29). The molecule has 1 unspecified atom stereocenters. The predicted molar refractivity (Wildman–Crippen MR) is 116 cm³/mol. The molecular weight excluding hydrogens is 404 g/mol. The van der Waals surface area contributed by atoms with E-state index in [0.717, 1.165) is 5.69 Å². The number of piperazine rings is 1. The Labute approximate surface area is 180 Å². The van der Waals surface area contributed by atoms with Gasteiger partial charge in [-0.2, -0.15) is 0 Å². The number of benzene rings is 2. The van der Waals surface area contributed by atoms with Gasteiger partial charge in [-0.05, 0) is 30.7 Å². The van der Waals surface area contributed by atoms with E-state index in [2.05, 4.69) is 15.5 Å². The third kappa shape index (κ3) is 4.26. The smallest absolute Gasteiger partial charge is 0.254 e. The maximum Gasteiger partial charge on any atom is 0.254 e. The first-order valence-electron chi connectivity index (χ1n) is 10.0. The number of fused-ring (bicyclic) bond motifs is 1. The molecule has 3 amide bonds. The van der Waals surface area contributed by atoms with Crippen LogP contribution in [0.15, 0.2) is 48.5 Å². The lowest BCUT2D eigenvalue weighted by Gasteiger charge is -2.36. The van der Waals surface area contributed by atoms with Crippen molar-refractivity contribution in [3.63, 3.8) is 0 Å². The van der Waals surface area contributed by atoms with Gasteiger partial charge < -0.3 is 20.4 Å². The van der Waals surface area contributed by atoms with Crippen LogP contribution >= 0.6 is 11.6 Å². The average Bonchev–Trinajstić information content (AvgIpc) is 2.88. The maximum absolute atomic E-state index is 12.7. The SMILES string of the molecule is O=C1NC(CCC(=O)N2CCN(c3ccccc3Cl)CC2)C(=O)Nc2ccccc21. The Hall–Kier alpha value is -3.06. The molecule has 2 aromatic carbocycles. The van der Waals surface area contributed by atoms with E-state index in [1.165, 1.54) is 0 Å². The van der Waals surface area contributed by atoms with Gasteiger partial charge in [0.15, 0.2) is 0 Å². The van der Waals surface area contributed by atoms with Gasteiger partial charge in [-0.1, -0.05) is 35.9 Å². The summed E-state index contributed by atoms with van der Waals surface area (Å²) in [5.41, 5.74) is 1.89. The van der Waals surface area contributed by atoms with E-state index in [0.29, 0.717) is 42.5 Å². The molecule has 0 aliphatic carbocycles. The van der Waals surface area contributed by atoms with Gasteiger partial charge in [-0.25, -0.2) is 0 Å². The number of carbonyl (C=O) groups is 3. The summed E-state index contributed by atoms with van der Waals surface area (Å²) < 4.78 is 0. The zero-order chi connectivity index (χ0) is 21.1. The van der Waals surface area contributed by atoms with Crippen molar-refractivity contribution in [1.29, 1.82) is 0 Å². The molecule has 0 bridgehead atoms. The van der Waals surface area contributed by atoms with Crippen LogP contribution in [-0.2, 0) is 9.59 Å². The molecule has 0 radical (unpaired) electrons. The van der Waals surface area contributed by atoms with Crippen LogP contribution in [0.25, 0.3) is 0 Å². The van der Waals surface area contributed by atoms with Gasteiger partial charge in [0.25, 0.3) is 5.91 Å². The summed E-state index contributed by atoms with van der Waals surface area (Å²) in [5, 5.41) is 6.20. The molecule has 2 heterocycles. The highest BCUT2D eigenvalue weighted by atomic mass is 35.5. The van der Waals surface area contributed by atoms with E-state index >= 15 is 0 Å². The van der Waals surface area contributed by atoms with E-state index in [1.54, 1.807) is 29.2 Å². The van der Waals surface area contributed by atoms with Crippen molar-refractivity contribution >= 4 is 40.7 Å². The predicted octanol–water partition coefficient (Wildman–Crippen LogP) is 2.52. The van der Waals surface area contributed by atoms with Crippen LogP contribution in [0.5, 0.6) is 0 Å². The minimum absolute atomic E-state index is 0.0161. The molecule has 0 aromatic heterocycles. The number of anilines is 2. The van der Waals surface area contributed by atoms with E-state index < -0.39 is 6.04 Å². The van der Waals surface area contributed by atoms with Gasteiger partial charge in [0.2, 0.25) is 11.8 Å². The fraction of sp³-hybridized carbons (Fsp3) is 0.318. The van der Waals surface area contributed by atoms with Crippen molar-refractivity contribution < 1.29 is 14.4 Å². The van der Waals surface area contributed by atoms with Gasteiger partial charge in [0.05, 0.1) is 22.0 Å². The average molecular weight is 427 g/mol. The molecule has 7 nitrogen and oxygen atoms in total. The third-order valence-electron chi connectivity index (χ3n) is 5.52. The largest absolute Gasteiger partial charge is 0.367 e. The van der Waals surface area contributed by atoms with Gasteiger partial charge in [0, 0.05) is 32.6 Å². The fourth-order valence-corrected chi connectivity index (χ4v) is 4.10. The van der Waals surface area contributed by atoms with Gasteiger partial charge in [-0.15, -0.1) is 0 Å². The van der Waals surface area contributed by atoms with Crippen LogP contribution < -0.4 is 15.5 Å². The van der Waals surface area contributed by atoms with Crippen molar-refractivity contribution in [3.8, 4) is 0 Å². The molecule has 156 valence electrons. The van der Waals surface area contributed by atoms with Crippen molar-refractivity contribution in [1.82, 2.24) is 10.2 Å². The highest BCUT2D eigenvalue weighted by Crippen LogP contribution is 2.26. The third-order valence-corrected chi connectivity index (χ3v) is 5.84. The number of hydrogen-bond acceptors (Lipinski definition) is 4. The topological polar surface area (TPSA) is 81.8 Å². The molecular formula is C22H23ClN4O3. The highest BCUT2D eigenvalue weighted by molar-refractivity contribution is 6.33. The summed E-state index contributed by atoms with van der Waals surface area (Å²) in [5.74, 6) is -0.628. The summed E-state index contributed by atoms with van der Waals surface area (Å²) in [6.45, 7) is 2.59. The Bertz CT molecular complexity index is 972. The number of nitrogens with one attached hydrogen (secondary N) is 2. The molecule has 1 atom stereocenters. The summed E-state index contributed by atoms with van der Waals surface area (Å²) in [6.07, 6.45) is 0.454. The molecule has 2 N–H and O–H groups in total. The minimum atomic E-state index is -0.738. The number of para-hydroxylation sites is 2. The zero-order valence-electron chi connectivity index (χ0n) is 16.4. The highest BCUT2D eigenvalue weighted by Gasteiger charge is 2.29. The molecule has 1 saturated heterocycles. The number of hydrogen-bond donors (Lipinski definition) is 2. The van der Waals surface area contributed by atoms with Crippen LogP contribution in [0.4, 0.5) is 11.4 Å². The summed E-state index contributed by atoms with van der Waals surface area (Å²) in [4.78, 5) is 41.5. The second-order valence-electron chi connectivity index (χ2n) is 7.42. The quantitative estimate of drug-likeness (QED) is 0.787. The number of rotatable bonds is 4. The Kier molecular flexibility index (Phi) is 5.90. The fourth-order valence-electron chi connectivity index (χ4n) is 3.85. The Morgan fingerprint density at radius 3 is 2.47 bits per heavy atom. The van der Waals surface area contributed by atoms with Crippen LogP contribution in [0.3, 0.4) is 0 Å². The second-order valence-corrected chi connectivity index (χ2v) is 7.83. The minimum Gasteiger partial charge on any atom is -0.367 e. The molecule has 0 saturated carbocycles. The van der Waals surface area contributed by atoms with Crippen molar-refractivity contribution in [3.05, 3.63) is 59.1 Å². The molecule has 30 heavy (non-hydrogen) atoms. The number of amides is 3. The van der Waals surface area contributed by atoms with Crippen molar-refractivity contribution in [2.24, 2.45) is 0 Å². The summed E-state index contributed by atoms with van der Waals surface area (Å²) >= 11 is 6.27. The summed E-state index contributed by atoms with van der Waals surface area (Å²) in [6, 6.07) is 13.8. The van der Waals surface area contributed by atoms with Gasteiger partial charge in [-0.3, -0.25) is 14.4 Å². The molecule has 1 fully saturated rings. The molecule has 4 rings (SSSR count). The zero-order valence-corrected chi connectivity index (χ0v) is 17.2. The lowest BCUT2D eigenvalue weighted by atomic mass is 10.1. The maximum atomic E-state index is 12.7. The van der Waals surface area contributed by atoms with E-state index in [-0.39, 0.29) is 30.6 Å². The van der Waals surface area contributed by atoms with Crippen molar-refractivity contribution in [2.45, 2.75) is 18.9 Å². The Morgan fingerprint density at radius 2 is 1.70 bits per heavy atom. The monoisotopic (exact) mass is 426 g/mol. The first-order chi connectivity index (χ1) is 14.5. The van der Waals surface area contributed by atoms with Gasteiger partial charge >= 0.3 is 0 Å². The molecule has 2 aliphatic heterocycles. The van der Waals surface area contributed by atoms with Crippen LogP contribution in [0, 0.1) is 0 Å². The Balaban J connectivity index is 1.31. The first-order valence-corrected chi connectivity index (χ1v) is 10.4. The molecule has 8 heteroatoms. The van der Waals surface area contributed by atoms with E-state index in [4.69, 9.17) is 11.6 Å². The van der Waals surface area contributed by atoms with Crippen LogP contribution in [-0.4, -0.2) is 54.8 Å². The van der Waals surface area contributed by atoms with Crippen molar-refractivity contribution in [2.75, 3.05) is 36.4 Å². The van der Waals surface area contributed by atoms with E-state index in [1.807, 2.05) is 24.3 Å². The Morgan fingerprint density at radius 1 is 1.00 bits per heavy atom. The first kappa shape index (κ1) is 20.2. The molecule has 0 spiro atoms. The number of halogens is 1. The van der Waals surface area contributed by atoms with Crippen LogP contribution in [0.2, 0.25) is 5.02 Å². The normalized spacial score (nSPS) is 18.9. The number of nitrogens with zero attached hydrogens (tertiary/aromatic N) is 2. The van der Waals surface area contributed by atoms with Crippen LogP contribution in [0.1, 0.15) is 23.2 Å². The lowest BCUT2D eigenvalue weighted by Crippen LogP contribution is -2.49. The lowest BCUT2D eigenvalue weighted by molar-refractivity contribution is -0.131. The second kappa shape index (κ2) is 8.75. The summed E-state index contributed by atoms with van der Waals surface area (Å²) in [7, 11) is 0. The number of carbonyl (C=O) groups excluding carboxylic acids is 3. The molecule has 2 aliphatic rings. The molecule has 2 aromatic rings. The van der Waals surface area contributed by atoms with Gasteiger partial charge in [0.1, 0.15) is 6.04 Å². The van der Waals surface area contributed by atoms with E-state index in [9.17, 15) is 14.4 Å².